The first kappa shape index (κ1) is 26.0. The van der Waals surface area contributed by atoms with Crippen LogP contribution in [0.15, 0.2) is 0 Å². The smallest absolute Gasteiger partial charge is 0.305 e. The molecule has 0 saturated heterocycles. The highest BCUT2D eigenvalue weighted by atomic mass is 16.5. The molecule has 3 N–H and O–H groups in total. The van der Waals surface area contributed by atoms with Gasteiger partial charge < -0.3 is 24.9 Å². The van der Waals surface area contributed by atoms with Gasteiger partial charge in [-0.3, -0.25) is 4.79 Å². The van der Waals surface area contributed by atoms with Crippen molar-refractivity contribution in [2.24, 2.45) is 0 Å². The summed E-state index contributed by atoms with van der Waals surface area (Å²) < 4.78 is 4.85. The topological polar surface area (TPSA) is 104 Å². The van der Waals surface area contributed by atoms with E-state index in [0.717, 1.165) is 19.3 Å². The molecule has 0 fully saturated rings. The maximum absolute atomic E-state index is 11.6. The van der Waals surface area contributed by atoms with Crippen molar-refractivity contribution in [2.45, 2.75) is 115 Å². The van der Waals surface area contributed by atoms with Crippen molar-refractivity contribution in [1.82, 2.24) is 0 Å². The zero-order chi connectivity index (χ0) is 20.3. The van der Waals surface area contributed by atoms with Crippen LogP contribution in [0.4, 0.5) is 0 Å². The highest BCUT2D eigenvalue weighted by Crippen LogP contribution is 2.13. The first-order valence-corrected chi connectivity index (χ1v) is 10.7. The molecule has 0 unspecified atom stereocenters. The Morgan fingerprint density at radius 1 is 0.815 bits per heavy atom. The van der Waals surface area contributed by atoms with E-state index < -0.39 is 30.9 Å². The number of hydrogen-bond donors (Lipinski definition) is 3. The maximum atomic E-state index is 11.6. The van der Waals surface area contributed by atoms with Gasteiger partial charge in [0.2, 0.25) is 0 Å². The summed E-state index contributed by atoms with van der Waals surface area (Å²) in [7, 11) is 0. The molecule has 0 aromatic rings. The average Bonchev–Trinajstić information content (AvgIpc) is 2.68. The lowest BCUT2D eigenvalue weighted by Gasteiger charge is -2.19. The molecule has 27 heavy (non-hydrogen) atoms. The van der Waals surface area contributed by atoms with E-state index in [1.165, 1.54) is 64.2 Å². The molecule has 0 aliphatic heterocycles. The fourth-order valence-corrected chi connectivity index (χ4v) is 2.94. The number of rotatable bonds is 19. The zero-order valence-corrected chi connectivity index (χ0v) is 17.0. The number of hydrogen-bond acceptors (Lipinski definition) is 6. The normalized spacial score (nSPS) is 14.5. The summed E-state index contributed by atoms with van der Waals surface area (Å²) in [6.07, 6.45) is 11.6. The summed E-state index contributed by atoms with van der Waals surface area (Å²) in [6, 6.07) is 0. The Bertz CT molecular complexity index is 361. The lowest BCUT2D eigenvalue weighted by molar-refractivity contribution is -0.152. The Hall–Kier alpha value is -0.980. The van der Waals surface area contributed by atoms with Crippen LogP contribution >= 0.6 is 0 Å². The molecule has 0 spiro atoms. The van der Waals surface area contributed by atoms with Crippen molar-refractivity contribution in [3.63, 3.8) is 0 Å². The minimum Gasteiger partial charge on any atom is -0.463 e. The molecule has 6 heteroatoms. The quantitative estimate of drug-likeness (QED) is 0.178. The SMILES string of the molecule is CCCCCCCCCCCCCCCC(=O)OC[C@@H](O)[C@H](O)[C@@H](O)C=O. The van der Waals surface area contributed by atoms with E-state index in [-0.39, 0.29) is 12.7 Å². The largest absolute Gasteiger partial charge is 0.463 e. The molecular weight excluding hydrogens is 348 g/mol. The molecule has 6 nitrogen and oxygen atoms in total. The Morgan fingerprint density at radius 3 is 1.70 bits per heavy atom. The van der Waals surface area contributed by atoms with Gasteiger partial charge in [-0.2, -0.15) is 0 Å². The van der Waals surface area contributed by atoms with Crippen LogP contribution in [0.25, 0.3) is 0 Å². The molecule has 0 heterocycles. The molecule has 3 atom stereocenters. The summed E-state index contributed by atoms with van der Waals surface area (Å²) in [6.45, 7) is 1.81. The van der Waals surface area contributed by atoms with Crippen molar-refractivity contribution < 1.29 is 29.6 Å². The number of aliphatic hydroxyl groups excluding tert-OH is 3. The van der Waals surface area contributed by atoms with Crippen LogP contribution < -0.4 is 0 Å². The second kappa shape index (κ2) is 18.4. The maximum Gasteiger partial charge on any atom is 0.305 e. The number of esters is 1. The molecule has 0 rings (SSSR count). The Balaban J connectivity index is 3.40. The highest BCUT2D eigenvalue weighted by Gasteiger charge is 2.25. The third kappa shape index (κ3) is 15.7. The molecule has 0 aromatic carbocycles. The Kier molecular flexibility index (Phi) is 17.7. The van der Waals surface area contributed by atoms with E-state index in [1.54, 1.807) is 0 Å². The number of ether oxygens (including phenoxy) is 1. The van der Waals surface area contributed by atoms with Crippen LogP contribution in [0, 0.1) is 0 Å². The van der Waals surface area contributed by atoms with Crippen LogP contribution in [0.3, 0.4) is 0 Å². The third-order valence-corrected chi connectivity index (χ3v) is 4.78. The van der Waals surface area contributed by atoms with Crippen LogP contribution in [0.5, 0.6) is 0 Å². The molecule has 0 amide bonds. The lowest BCUT2D eigenvalue weighted by atomic mass is 10.0. The average molecular weight is 389 g/mol. The fraction of sp³-hybridized carbons (Fsp3) is 0.905. The number of aliphatic hydroxyl groups is 3. The molecule has 160 valence electrons. The fourth-order valence-electron chi connectivity index (χ4n) is 2.94. The highest BCUT2D eigenvalue weighted by molar-refractivity contribution is 5.69. The monoisotopic (exact) mass is 388 g/mol. The van der Waals surface area contributed by atoms with Gasteiger partial charge in [0.1, 0.15) is 24.9 Å². The van der Waals surface area contributed by atoms with Gasteiger partial charge in [-0.1, -0.05) is 84.0 Å². The van der Waals surface area contributed by atoms with Crippen molar-refractivity contribution in [3.05, 3.63) is 0 Å². The zero-order valence-electron chi connectivity index (χ0n) is 17.0. The second-order valence-electron chi connectivity index (χ2n) is 7.36. The van der Waals surface area contributed by atoms with Crippen LogP contribution in [0.1, 0.15) is 96.8 Å². The van der Waals surface area contributed by atoms with E-state index in [1.807, 2.05) is 0 Å². The van der Waals surface area contributed by atoms with E-state index >= 15 is 0 Å². The predicted octanol–water partition coefficient (Wildman–Crippen LogP) is 3.29. The molecule has 0 bridgehead atoms. The molecule has 0 aromatic heterocycles. The standard InChI is InChI=1S/C21H40O6/c1-2-3-4-5-6-7-8-9-10-11-12-13-14-15-20(25)27-17-19(24)21(26)18(23)16-22/h16,18-19,21,23-24,26H,2-15,17H2,1H3/t18-,19+,21+/m0/s1. The van der Waals surface area contributed by atoms with Crippen molar-refractivity contribution in [2.75, 3.05) is 6.61 Å². The third-order valence-electron chi connectivity index (χ3n) is 4.78. The molecule has 0 aliphatic rings. The number of carbonyl (C=O) groups is 2. The molecular formula is C21H40O6. The van der Waals surface area contributed by atoms with Gasteiger partial charge in [-0.05, 0) is 6.42 Å². The van der Waals surface area contributed by atoms with Gasteiger partial charge in [-0.15, -0.1) is 0 Å². The van der Waals surface area contributed by atoms with Gasteiger partial charge in [0.05, 0.1) is 0 Å². The predicted molar refractivity (Wildman–Crippen MR) is 105 cm³/mol. The van der Waals surface area contributed by atoms with Crippen LogP contribution in [-0.4, -0.2) is 52.5 Å². The molecule has 0 aliphatic carbocycles. The summed E-state index contributed by atoms with van der Waals surface area (Å²) in [5, 5.41) is 28.0. The van der Waals surface area contributed by atoms with Crippen LogP contribution in [-0.2, 0) is 14.3 Å². The van der Waals surface area contributed by atoms with E-state index in [9.17, 15) is 19.8 Å². The van der Waals surface area contributed by atoms with Gasteiger partial charge >= 0.3 is 5.97 Å². The van der Waals surface area contributed by atoms with Gasteiger partial charge in [0, 0.05) is 6.42 Å². The number of carbonyl (C=O) groups excluding carboxylic acids is 2. The molecule has 0 saturated carbocycles. The Labute approximate surface area is 164 Å². The van der Waals surface area contributed by atoms with Crippen molar-refractivity contribution in [3.8, 4) is 0 Å². The second-order valence-corrected chi connectivity index (χ2v) is 7.36. The van der Waals surface area contributed by atoms with Crippen molar-refractivity contribution in [1.29, 1.82) is 0 Å². The van der Waals surface area contributed by atoms with E-state index in [0.29, 0.717) is 0 Å². The first-order valence-electron chi connectivity index (χ1n) is 10.7. The summed E-state index contributed by atoms with van der Waals surface area (Å²) in [4.78, 5) is 21.9. The Morgan fingerprint density at radius 2 is 1.26 bits per heavy atom. The number of unbranched alkanes of at least 4 members (excludes halogenated alkanes) is 12. The number of aldehydes is 1. The molecule has 0 radical (unpaired) electrons. The van der Waals surface area contributed by atoms with E-state index in [2.05, 4.69) is 6.92 Å². The van der Waals surface area contributed by atoms with Crippen molar-refractivity contribution >= 4 is 12.3 Å². The van der Waals surface area contributed by atoms with Crippen LogP contribution in [0.2, 0.25) is 0 Å². The minimum atomic E-state index is -1.68. The summed E-state index contributed by atoms with van der Waals surface area (Å²) in [5.41, 5.74) is 0. The minimum absolute atomic E-state index is 0.128. The van der Waals surface area contributed by atoms with E-state index in [4.69, 9.17) is 9.84 Å². The lowest BCUT2D eigenvalue weighted by Crippen LogP contribution is -2.41. The first-order chi connectivity index (χ1) is 13.0. The van der Waals surface area contributed by atoms with Gasteiger partial charge in [-0.25, -0.2) is 0 Å². The summed E-state index contributed by atoms with van der Waals surface area (Å²) >= 11 is 0. The van der Waals surface area contributed by atoms with Gasteiger partial charge in [0.15, 0.2) is 6.29 Å². The summed E-state index contributed by atoms with van der Waals surface area (Å²) in [5.74, 6) is -0.440. The van der Waals surface area contributed by atoms with Gasteiger partial charge in [0.25, 0.3) is 0 Å².